The first-order chi connectivity index (χ1) is 10.2. The van der Waals surface area contributed by atoms with E-state index in [1.54, 1.807) is 0 Å². The first kappa shape index (κ1) is 13.6. The molecule has 1 unspecified atom stereocenters. The first-order valence-electron chi connectivity index (χ1n) is 7.09. The van der Waals surface area contributed by atoms with Gasteiger partial charge in [-0.15, -0.1) is 0 Å². The van der Waals surface area contributed by atoms with Gasteiger partial charge in [-0.05, 0) is 37.6 Å². The molecule has 0 aliphatic rings. The third-order valence-electron chi connectivity index (χ3n) is 3.26. The fourth-order valence-corrected chi connectivity index (χ4v) is 2.32. The van der Waals surface area contributed by atoms with Crippen molar-refractivity contribution in [3.8, 4) is 11.6 Å². The molecule has 3 heteroatoms. The van der Waals surface area contributed by atoms with E-state index in [1.165, 1.54) is 0 Å². The molecule has 0 saturated heterocycles. The number of nitrogens with two attached hydrogens (primary N) is 1. The summed E-state index contributed by atoms with van der Waals surface area (Å²) < 4.78 is 5.95. The molecule has 3 aromatic rings. The Hall–Kier alpha value is -2.39. The van der Waals surface area contributed by atoms with E-state index in [0.717, 1.165) is 28.6 Å². The molecule has 0 saturated carbocycles. The van der Waals surface area contributed by atoms with Gasteiger partial charge < -0.3 is 10.5 Å². The highest BCUT2D eigenvalue weighted by Crippen LogP contribution is 2.27. The minimum Gasteiger partial charge on any atom is -0.439 e. The number of aromatic nitrogens is 1. The quantitative estimate of drug-likeness (QED) is 0.787. The van der Waals surface area contributed by atoms with Crippen molar-refractivity contribution >= 4 is 10.9 Å². The van der Waals surface area contributed by atoms with Gasteiger partial charge in [-0.2, -0.15) is 0 Å². The van der Waals surface area contributed by atoms with Gasteiger partial charge in [0, 0.05) is 17.0 Å². The van der Waals surface area contributed by atoms with Gasteiger partial charge in [0.15, 0.2) is 0 Å². The molecule has 2 N–H and O–H groups in total. The van der Waals surface area contributed by atoms with Crippen LogP contribution in [0.5, 0.6) is 11.6 Å². The molecule has 3 rings (SSSR count). The van der Waals surface area contributed by atoms with Gasteiger partial charge in [0.2, 0.25) is 5.88 Å². The Labute approximate surface area is 124 Å². The largest absolute Gasteiger partial charge is 0.439 e. The second-order valence-corrected chi connectivity index (χ2v) is 5.24. The molecule has 0 radical (unpaired) electrons. The lowest BCUT2D eigenvalue weighted by molar-refractivity contribution is 0.456. The zero-order chi connectivity index (χ0) is 14.7. The lowest BCUT2D eigenvalue weighted by Crippen LogP contribution is -2.18. The summed E-state index contributed by atoms with van der Waals surface area (Å²) >= 11 is 0. The van der Waals surface area contributed by atoms with Crippen LogP contribution in [-0.4, -0.2) is 11.0 Å². The molecule has 1 atom stereocenters. The number of hydrogen-bond donors (Lipinski definition) is 1. The standard InChI is InChI=1S/C18H18N2O/c1-13(19)11-15-12-14-7-5-6-10-17(14)20-18(15)21-16-8-3-2-4-9-16/h2-10,12-13H,11,19H2,1H3. The molecule has 21 heavy (non-hydrogen) atoms. The van der Waals surface area contributed by atoms with Crippen molar-refractivity contribution in [2.75, 3.05) is 0 Å². The molecule has 0 aliphatic carbocycles. The smallest absolute Gasteiger partial charge is 0.223 e. The van der Waals surface area contributed by atoms with E-state index in [-0.39, 0.29) is 6.04 Å². The van der Waals surface area contributed by atoms with Crippen LogP contribution in [0.4, 0.5) is 0 Å². The van der Waals surface area contributed by atoms with E-state index >= 15 is 0 Å². The number of para-hydroxylation sites is 2. The Morgan fingerprint density at radius 1 is 1.05 bits per heavy atom. The molecule has 0 bridgehead atoms. The Morgan fingerprint density at radius 3 is 2.52 bits per heavy atom. The summed E-state index contributed by atoms with van der Waals surface area (Å²) in [6.07, 6.45) is 0.736. The monoisotopic (exact) mass is 278 g/mol. The maximum Gasteiger partial charge on any atom is 0.223 e. The molecule has 106 valence electrons. The van der Waals surface area contributed by atoms with E-state index in [1.807, 2.05) is 55.5 Å². The molecular weight excluding hydrogens is 260 g/mol. The average Bonchev–Trinajstić information content (AvgIpc) is 2.48. The van der Waals surface area contributed by atoms with Crippen LogP contribution >= 0.6 is 0 Å². The van der Waals surface area contributed by atoms with Crippen LogP contribution in [0.3, 0.4) is 0 Å². The number of nitrogens with zero attached hydrogens (tertiary/aromatic N) is 1. The van der Waals surface area contributed by atoms with Crippen LogP contribution in [0.15, 0.2) is 60.7 Å². The average molecular weight is 278 g/mol. The minimum atomic E-state index is 0.0612. The van der Waals surface area contributed by atoms with Crippen molar-refractivity contribution in [2.24, 2.45) is 5.73 Å². The van der Waals surface area contributed by atoms with Crippen molar-refractivity contribution in [3.63, 3.8) is 0 Å². The molecule has 0 spiro atoms. The first-order valence-corrected chi connectivity index (χ1v) is 7.09. The van der Waals surface area contributed by atoms with Gasteiger partial charge in [-0.25, -0.2) is 4.98 Å². The summed E-state index contributed by atoms with van der Waals surface area (Å²) in [5.74, 6) is 1.42. The number of rotatable bonds is 4. The SMILES string of the molecule is CC(N)Cc1cc2ccccc2nc1Oc1ccccc1. The van der Waals surface area contributed by atoms with Gasteiger partial charge in [-0.3, -0.25) is 0 Å². The Kier molecular flexibility index (Phi) is 3.84. The van der Waals surface area contributed by atoms with Crippen LogP contribution < -0.4 is 10.5 Å². The lowest BCUT2D eigenvalue weighted by Gasteiger charge is -2.13. The van der Waals surface area contributed by atoms with Crippen molar-refractivity contribution in [3.05, 3.63) is 66.2 Å². The van der Waals surface area contributed by atoms with E-state index in [0.29, 0.717) is 5.88 Å². The molecule has 1 aromatic heterocycles. The van der Waals surface area contributed by atoms with Crippen molar-refractivity contribution in [2.45, 2.75) is 19.4 Å². The third-order valence-corrected chi connectivity index (χ3v) is 3.26. The van der Waals surface area contributed by atoms with Gasteiger partial charge in [0.1, 0.15) is 5.75 Å². The molecule has 1 heterocycles. The second kappa shape index (κ2) is 5.94. The molecule has 0 aliphatic heterocycles. The van der Waals surface area contributed by atoms with Crippen LogP contribution in [-0.2, 0) is 6.42 Å². The van der Waals surface area contributed by atoms with E-state index in [9.17, 15) is 0 Å². The fraction of sp³-hybridized carbons (Fsp3) is 0.167. The zero-order valence-corrected chi connectivity index (χ0v) is 12.0. The van der Waals surface area contributed by atoms with E-state index in [4.69, 9.17) is 10.5 Å². The van der Waals surface area contributed by atoms with E-state index in [2.05, 4.69) is 17.1 Å². The third kappa shape index (κ3) is 3.20. The van der Waals surface area contributed by atoms with Crippen LogP contribution in [0.25, 0.3) is 10.9 Å². The fourth-order valence-electron chi connectivity index (χ4n) is 2.32. The number of fused-ring (bicyclic) bond motifs is 1. The van der Waals surface area contributed by atoms with E-state index < -0.39 is 0 Å². The Morgan fingerprint density at radius 2 is 1.76 bits per heavy atom. The van der Waals surface area contributed by atoms with Crippen LogP contribution in [0, 0.1) is 0 Å². The number of pyridine rings is 1. The highest BCUT2D eigenvalue weighted by atomic mass is 16.5. The molecule has 3 nitrogen and oxygen atoms in total. The van der Waals surface area contributed by atoms with Gasteiger partial charge in [0.05, 0.1) is 5.52 Å². The summed E-state index contributed by atoms with van der Waals surface area (Å²) in [7, 11) is 0. The van der Waals surface area contributed by atoms with Crippen molar-refractivity contribution in [1.82, 2.24) is 4.98 Å². The maximum atomic E-state index is 5.95. The summed E-state index contributed by atoms with van der Waals surface area (Å²) in [5.41, 5.74) is 7.91. The van der Waals surface area contributed by atoms with Crippen LogP contribution in [0.1, 0.15) is 12.5 Å². The molecule has 0 fully saturated rings. The summed E-state index contributed by atoms with van der Waals surface area (Å²) in [4.78, 5) is 4.65. The molecule has 2 aromatic carbocycles. The van der Waals surface area contributed by atoms with Crippen LogP contribution in [0.2, 0.25) is 0 Å². The topological polar surface area (TPSA) is 48.1 Å². The molecule has 0 amide bonds. The normalized spacial score (nSPS) is 12.3. The maximum absolute atomic E-state index is 5.95. The summed E-state index contributed by atoms with van der Waals surface area (Å²) in [6.45, 7) is 1.99. The minimum absolute atomic E-state index is 0.0612. The Bertz CT molecular complexity index is 739. The molecular formula is C18H18N2O. The Balaban J connectivity index is 2.05. The highest BCUT2D eigenvalue weighted by Gasteiger charge is 2.11. The van der Waals surface area contributed by atoms with Gasteiger partial charge >= 0.3 is 0 Å². The lowest BCUT2D eigenvalue weighted by atomic mass is 10.1. The highest BCUT2D eigenvalue weighted by molar-refractivity contribution is 5.80. The second-order valence-electron chi connectivity index (χ2n) is 5.24. The van der Waals surface area contributed by atoms with Gasteiger partial charge in [0.25, 0.3) is 0 Å². The summed E-state index contributed by atoms with van der Waals surface area (Å²) in [6, 6.07) is 19.9. The van der Waals surface area contributed by atoms with Gasteiger partial charge in [-0.1, -0.05) is 36.4 Å². The van der Waals surface area contributed by atoms with Crippen molar-refractivity contribution < 1.29 is 4.74 Å². The predicted octanol–water partition coefficient (Wildman–Crippen LogP) is 3.92. The number of hydrogen-bond acceptors (Lipinski definition) is 3. The summed E-state index contributed by atoms with van der Waals surface area (Å²) in [5, 5.41) is 1.11. The zero-order valence-electron chi connectivity index (χ0n) is 12.0. The predicted molar refractivity (Wildman–Crippen MR) is 85.6 cm³/mol. The number of benzene rings is 2. The number of ether oxygens (including phenoxy) is 1. The van der Waals surface area contributed by atoms with Crippen molar-refractivity contribution in [1.29, 1.82) is 0 Å².